The average Bonchev–Trinajstić information content (AvgIpc) is 3.21. The minimum Gasteiger partial charge on any atom is -0.462 e. The van der Waals surface area contributed by atoms with E-state index in [2.05, 4.69) is 6.58 Å². The third kappa shape index (κ3) is 3.86. The minimum absolute atomic E-state index is 0.218. The van der Waals surface area contributed by atoms with E-state index in [-0.39, 0.29) is 6.42 Å². The molecule has 3 saturated carbocycles. The Bertz CT molecular complexity index is 1060. The first-order valence-corrected chi connectivity index (χ1v) is 13.0. The van der Waals surface area contributed by atoms with Gasteiger partial charge in [0.25, 0.3) is 0 Å². The van der Waals surface area contributed by atoms with Gasteiger partial charge in [0.1, 0.15) is 17.8 Å². The Morgan fingerprint density at radius 3 is 2.16 bits per heavy atom. The van der Waals surface area contributed by atoms with Gasteiger partial charge in [0, 0.05) is 58.3 Å². The molecule has 9 atom stereocenters. The first kappa shape index (κ1) is 28.7. The standard InChI is InChI=1S/C28H40O10/c1-14-18-12-21(33-8)38-27(18,34-9)13-19-22(14)23(36-16(3)30)24(37-17(4)31)28(32)25(5,6)11-10-20(26(19,28)7)35-15(2)29/h12,19-24,32H,1,10-11,13H2,2-9H3/t19-,20-,21-,22-,23+,24-,26-,27+,28+/m0/s1. The lowest BCUT2D eigenvalue weighted by Crippen LogP contribution is -2.80. The first-order valence-electron chi connectivity index (χ1n) is 13.0. The fourth-order valence-electron chi connectivity index (χ4n) is 7.90. The number of ether oxygens (including phenoxy) is 6. The van der Waals surface area contributed by atoms with Crippen molar-refractivity contribution in [3.63, 3.8) is 0 Å². The number of carbonyl (C=O) groups is 3. The van der Waals surface area contributed by atoms with Crippen molar-refractivity contribution in [3.05, 3.63) is 23.8 Å². The van der Waals surface area contributed by atoms with Crippen molar-refractivity contribution in [1.29, 1.82) is 0 Å². The molecule has 4 aliphatic rings. The van der Waals surface area contributed by atoms with Gasteiger partial charge in [0.05, 0.1) is 0 Å². The summed E-state index contributed by atoms with van der Waals surface area (Å²) < 4.78 is 35.3. The van der Waals surface area contributed by atoms with Crippen molar-refractivity contribution in [1.82, 2.24) is 0 Å². The Hall–Kier alpha value is -2.27. The van der Waals surface area contributed by atoms with Crippen LogP contribution in [0, 0.1) is 22.7 Å². The Morgan fingerprint density at radius 1 is 1.03 bits per heavy atom. The molecule has 1 aliphatic heterocycles. The zero-order valence-corrected chi connectivity index (χ0v) is 23.5. The van der Waals surface area contributed by atoms with Gasteiger partial charge in [-0.1, -0.05) is 27.4 Å². The molecule has 0 amide bonds. The number of esters is 3. The van der Waals surface area contributed by atoms with Crippen molar-refractivity contribution in [2.24, 2.45) is 22.7 Å². The minimum atomic E-state index is -1.79. The van der Waals surface area contributed by atoms with Gasteiger partial charge in [-0.3, -0.25) is 14.4 Å². The van der Waals surface area contributed by atoms with Crippen LogP contribution in [-0.2, 0) is 42.8 Å². The lowest BCUT2D eigenvalue weighted by Gasteiger charge is -2.70. The van der Waals surface area contributed by atoms with E-state index in [1.54, 1.807) is 6.08 Å². The lowest BCUT2D eigenvalue weighted by molar-refractivity contribution is -0.348. The molecule has 10 nitrogen and oxygen atoms in total. The van der Waals surface area contributed by atoms with Crippen LogP contribution in [0.25, 0.3) is 0 Å². The van der Waals surface area contributed by atoms with Gasteiger partial charge in [-0.25, -0.2) is 0 Å². The summed E-state index contributed by atoms with van der Waals surface area (Å²) in [6, 6.07) is 0. The van der Waals surface area contributed by atoms with Crippen molar-refractivity contribution in [2.45, 2.75) is 96.8 Å². The van der Waals surface area contributed by atoms with Gasteiger partial charge in [-0.2, -0.15) is 0 Å². The second kappa shape index (κ2) is 9.43. The molecule has 3 fully saturated rings. The van der Waals surface area contributed by atoms with Crippen LogP contribution in [-0.4, -0.2) is 73.2 Å². The van der Waals surface area contributed by atoms with Crippen LogP contribution in [0.5, 0.6) is 0 Å². The van der Waals surface area contributed by atoms with Crippen LogP contribution in [0.1, 0.15) is 60.8 Å². The predicted octanol–water partition coefficient (Wildman–Crippen LogP) is 2.82. The van der Waals surface area contributed by atoms with E-state index in [1.807, 2.05) is 20.8 Å². The summed E-state index contributed by atoms with van der Waals surface area (Å²) in [7, 11) is 3.04. The SMILES string of the molecule is C=C1C2=C[C@@H](OC)O[C@]2(OC)C[C@H]2[C@H]1[C@@H](OC(C)=O)[C@H](OC(C)=O)[C@@]1(O)C(C)(C)CC[C@H](OC(C)=O)[C@]21C. The van der Waals surface area contributed by atoms with E-state index in [4.69, 9.17) is 28.4 Å². The van der Waals surface area contributed by atoms with Crippen LogP contribution in [0.15, 0.2) is 23.8 Å². The molecule has 0 aromatic carbocycles. The molecule has 3 aliphatic carbocycles. The van der Waals surface area contributed by atoms with Crippen molar-refractivity contribution in [3.8, 4) is 0 Å². The van der Waals surface area contributed by atoms with Crippen LogP contribution in [0.3, 0.4) is 0 Å². The molecule has 0 radical (unpaired) electrons. The van der Waals surface area contributed by atoms with Gasteiger partial charge in [-0.15, -0.1) is 0 Å². The number of methoxy groups -OCH3 is 2. The zero-order chi connectivity index (χ0) is 28.4. The van der Waals surface area contributed by atoms with E-state index in [0.717, 1.165) is 0 Å². The monoisotopic (exact) mass is 536 g/mol. The molecule has 0 aromatic heterocycles. The summed E-state index contributed by atoms with van der Waals surface area (Å²) in [5.41, 5.74) is -2.64. The number of fused-ring (bicyclic) bond motifs is 4. The quantitative estimate of drug-likeness (QED) is 0.414. The topological polar surface area (TPSA) is 127 Å². The maximum absolute atomic E-state index is 13.0. The largest absolute Gasteiger partial charge is 0.462 e. The van der Waals surface area contributed by atoms with Crippen LogP contribution in [0.2, 0.25) is 0 Å². The third-order valence-corrected chi connectivity index (χ3v) is 9.54. The number of carbonyl (C=O) groups excluding carboxylic acids is 3. The fourth-order valence-corrected chi connectivity index (χ4v) is 7.90. The number of hydrogen-bond donors (Lipinski definition) is 1. The maximum atomic E-state index is 13.0. The van der Waals surface area contributed by atoms with Crippen molar-refractivity contribution in [2.75, 3.05) is 14.2 Å². The predicted molar refractivity (Wildman–Crippen MR) is 133 cm³/mol. The number of rotatable bonds is 5. The summed E-state index contributed by atoms with van der Waals surface area (Å²) in [5, 5.41) is 13.0. The summed E-state index contributed by atoms with van der Waals surface area (Å²) in [6.07, 6.45) is -0.873. The van der Waals surface area contributed by atoms with E-state index in [1.165, 1.54) is 35.0 Å². The number of aliphatic hydroxyl groups is 1. The van der Waals surface area contributed by atoms with Crippen LogP contribution in [0.4, 0.5) is 0 Å². The van der Waals surface area contributed by atoms with Crippen molar-refractivity contribution < 1.29 is 47.9 Å². The summed E-state index contributed by atoms with van der Waals surface area (Å²) in [5.74, 6) is -4.12. The molecular formula is C28H40O10. The van der Waals surface area contributed by atoms with Gasteiger partial charge in [0.2, 0.25) is 0 Å². The second-order valence-corrected chi connectivity index (χ2v) is 11.8. The Morgan fingerprint density at radius 2 is 1.63 bits per heavy atom. The summed E-state index contributed by atoms with van der Waals surface area (Å²) in [4.78, 5) is 37.3. The molecule has 0 saturated heterocycles. The van der Waals surface area contributed by atoms with Crippen LogP contribution < -0.4 is 0 Å². The summed E-state index contributed by atoms with van der Waals surface area (Å²) in [6.45, 7) is 13.9. The second-order valence-electron chi connectivity index (χ2n) is 11.8. The van der Waals surface area contributed by atoms with Crippen molar-refractivity contribution >= 4 is 17.9 Å². The fraction of sp³-hybridized carbons (Fsp3) is 0.750. The zero-order valence-electron chi connectivity index (χ0n) is 23.5. The number of hydrogen-bond acceptors (Lipinski definition) is 10. The molecule has 38 heavy (non-hydrogen) atoms. The van der Waals surface area contributed by atoms with E-state index in [0.29, 0.717) is 24.0 Å². The lowest BCUT2D eigenvalue weighted by atomic mass is 9.39. The molecule has 4 rings (SSSR count). The molecule has 0 bridgehead atoms. The Labute approximate surface area is 223 Å². The molecule has 0 unspecified atom stereocenters. The molecule has 0 spiro atoms. The first-order chi connectivity index (χ1) is 17.6. The third-order valence-electron chi connectivity index (χ3n) is 9.54. The molecule has 1 heterocycles. The van der Waals surface area contributed by atoms with Crippen LogP contribution >= 0.6 is 0 Å². The van der Waals surface area contributed by atoms with Gasteiger partial charge in [0.15, 0.2) is 18.2 Å². The van der Waals surface area contributed by atoms with Gasteiger partial charge >= 0.3 is 17.9 Å². The molecule has 10 heteroatoms. The van der Waals surface area contributed by atoms with E-state index in [9.17, 15) is 19.5 Å². The maximum Gasteiger partial charge on any atom is 0.303 e. The van der Waals surface area contributed by atoms with Gasteiger partial charge in [-0.05, 0) is 35.8 Å². The summed E-state index contributed by atoms with van der Waals surface area (Å²) >= 11 is 0. The highest BCUT2D eigenvalue weighted by molar-refractivity contribution is 5.68. The Kier molecular flexibility index (Phi) is 7.13. The molecule has 212 valence electrons. The highest BCUT2D eigenvalue weighted by atomic mass is 16.8. The molecule has 0 aromatic rings. The highest BCUT2D eigenvalue weighted by Crippen LogP contribution is 2.70. The normalized spacial score (nSPS) is 43.2. The smallest absolute Gasteiger partial charge is 0.303 e. The van der Waals surface area contributed by atoms with E-state index >= 15 is 0 Å². The molecular weight excluding hydrogens is 496 g/mol. The molecule has 1 N–H and O–H groups in total. The highest BCUT2D eigenvalue weighted by Gasteiger charge is 2.78. The van der Waals surface area contributed by atoms with E-state index < -0.39 is 76.6 Å². The van der Waals surface area contributed by atoms with Gasteiger partial charge < -0.3 is 33.5 Å². The average molecular weight is 537 g/mol. The Balaban J connectivity index is 2.02.